The van der Waals surface area contributed by atoms with Crippen molar-refractivity contribution in [1.82, 2.24) is 0 Å². The molecule has 1 aliphatic rings. The number of hydrogen-bond acceptors (Lipinski definition) is 2. The predicted molar refractivity (Wildman–Crippen MR) is 59.9 cm³/mol. The van der Waals surface area contributed by atoms with Crippen LogP contribution in [0.5, 0.6) is 0 Å². The fraction of sp³-hybridized carbons (Fsp3) is 0.538. The maximum atomic E-state index is 9.41. The Bertz CT molecular complexity index is 356. The number of aliphatic hydroxyl groups excluding tert-OH is 1. The SMILES string of the molecule is CC(C)(CO)c1cccc2c1COCC2. The van der Waals surface area contributed by atoms with Crippen molar-refractivity contribution in [2.45, 2.75) is 32.3 Å². The van der Waals surface area contributed by atoms with Gasteiger partial charge >= 0.3 is 0 Å². The van der Waals surface area contributed by atoms with Gasteiger partial charge in [-0.05, 0) is 23.1 Å². The topological polar surface area (TPSA) is 29.5 Å². The third kappa shape index (κ3) is 1.92. The van der Waals surface area contributed by atoms with Crippen LogP contribution in [0.3, 0.4) is 0 Å². The van der Waals surface area contributed by atoms with Crippen LogP contribution >= 0.6 is 0 Å². The Morgan fingerprint density at radius 3 is 2.93 bits per heavy atom. The molecular weight excluding hydrogens is 188 g/mol. The van der Waals surface area contributed by atoms with Crippen molar-refractivity contribution in [3.05, 3.63) is 34.9 Å². The third-order valence-corrected chi connectivity index (χ3v) is 3.16. The second kappa shape index (κ2) is 3.95. The molecule has 0 amide bonds. The molecule has 1 N–H and O–H groups in total. The fourth-order valence-electron chi connectivity index (χ4n) is 2.11. The first-order valence-electron chi connectivity index (χ1n) is 5.45. The normalized spacial score (nSPS) is 16.2. The number of aliphatic hydroxyl groups is 1. The van der Waals surface area contributed by atoms with E-state index in [2.05, 4.69) is 32.0 Å². The Morgan fingerprint density at radius 2 is 2.20 bits per heavy atom. The van der Waals surface area contributed by atoms with E-state index in [1.54, 1.807) is 0 Å². The van der Waals surface area contributed by atoms with Gasteiger partial charge in [-0.25, -0.2) is 0 Å². The number of hydrogen-bond donors (Lipinski definition) is 1. The summed E-state index contributed by atoms with van der Waals surface area (Å²) < 4.78 is 5.49. The van der Waals surface area contributed by atoms with E-state index in [0.29, 0.717) is 6.61 Å². The largest absolute Gasteiger partial charge is 0.395 e. The Balaban J connectivity index is 2.48. The van der Waals surface area contributed by atoms with Gasteiger partial charge in [0.15, 0.2) is 0 Å². The predicted octanol–water partition coefficient (Wildman–Crippen LogP) is 2.03. The van der Waals surface area contributed by atoms with Gasteiger partial charge in [-0.3, -0.25) is 0 Å². The molecule has 82 valence electrons. The third-order valence-electron chi connectivity index (χ3n) is 3.16. The minimum absolute atomic E-state index is 0.170. The zero-order chi connectivity index (χ0) is 10.9. The highest BCUT2D eigenvalue weighted by Crippen LogP contribution is 2.30. The van der Waals surface area contributed by atoms with Crippen LogP contribution in [-0.2, 0) is 23.2 Å². The molecule has 0 fully saturated rings. The van der Waals surface area contributed by atoms with Crippen LogP contribution in [-0.4, -0.2) is 18.3 Å². The maximum Gasteiger partial charge on any atom is 0.0722 e. The molecular formula is C13H18O2. The average Bonchev–Trinajstić information content (AvgIpc) is 2.28. The smallest absolute Gasteiger partial charge is 0.0722 e. The zero-order valence-electron chi connectivity index (χ0n) is 9.42. The highest BCUT2D eigenvalue weighted by Gasteiger charge is 2.25. The summed E-state index contributed by atoms with van der Waals surface area (Å²) >= 11 is 0. The Kier molecular flexibility index (Phi) is 2.81. The highest BCUT2D eigenvalue weighted by atomic mass is 16.5. The average molecular weight is 206 g/mol. The molecule has 0 saturated carbocycles. The lowest BCUT2D eigenvalue weighted by Crippen LogP contribution is -2.26. The summed E-state index contributed by atoms with van der Waals surface area (Å²) in [5, 5.41) is 9.41. The first-order chi connectivity index (χ1) is 7.15. The van der Waals surface area contributed by atoms with Crippen molar-refractivity contribution >= 4 is 0 Å². The van der Waals surface area contributed by atoms with E-state index in [1.165, 1.54) is 16.7 Å². The van der Waals surface area contributed by atoms with Gasteiger partial charge in [-0.15, -0.1) is 0 Å². The molecule has 0 aromatic heterocycles. The van der Waals surface area contributed by atoms with Gasteiger partial charge in [0.2, 0.25) is 0 Å². The van der Waals surface area contributed by atoms with Crippen molar-refractivity contribution in [1.29, 1.82) is 0 Å². The Morgan fingerprint density at radius 1 is 1.40 bits per heavy atom. The lowest BCUT2D eigenvalue weighted by atomic mass is 9.80. The molecule has 15 heavy (non-hydrogen) atoms. The van der Waals surface area contributed by atoms with Gasteiger partial charge in [-0.2, -0.15) is 0 Å². The number of rotatable bonds is 2. The highest BCUT2D eigenvalue weighted by molar-refractivity contribution is 5.40. The molecule has 0 saturated heterocycles. The van der Waals surface area contributed by atoms with Gasteiger partial charge in [0.05, 0.1) is 19.8 Å². The van der Waals surface area contributed by atoms with E-state index in [1.807, 2.05) is 0 Å². The van der Waals surface area contributed by atoms with E-state index < -0.39 is 0 Å². The molecule has 0 aliphatic carbocycles. The van der Waals surface area contributed by atoms with E-state index in [9.17, 15) is 5.11 Å². The molecule has 0 atom stereocenters. The van der Waals surface area contributed by atoms with E-state index in [-0.39, 0.29) is 12.0 Å². The van der Waals surface area contributed by atoms with Crippen molar-refractivity contribution < 1.29 is 9.84 Å². The van der Waals surface area contributed by atoms with Gasteiger partial charge in [0.1, 0.15) is 0 Å². The molecule has 1 aliphatic heterocycles. The Hall–Kier alpha value is -0.860. The fourth-order valence-corrected chi connectivity index (χ4v) is 2.11. The standard InChI is InChI=1S/C13H18O2/c1-13(2,9-14)12-5-3-4-10-6-7-15-8-11(10)12/h3-5,14H,6-9H2,1-2H3. The minimum atomic E-state index is -0.175. The summed E-state index contributed by atoms with van der Waals surface area (Å²) in [6, 6.07) is 6.34. The van der Waals surface area contributed by atoms with Gasteiger partial charge in [-0.1, -0.05) is 32.0 Å². The lowest BCUT2D eigenvalue weighted by Gasteiger charge is -2.29. The van der Waals surface area contributed by atoms with Gasteiger partial charge in [0, 0.05) is 5.41 Å². The van der Waals surface area contributed by atoms with Crippen molar-refractivity contribution in [3.8, 4) is 0 Å². The quantitative estimate of drug-likeness (QED) is 0.802. The summed E-state index contributed by atoms with van der Waals surface area (Å²) in [5.74, 6) is 0. The van der Waals surface area contributed by atoms with Crippen LogP contribution in [0.2, 0.25) is 0 Å². The molecule has 2 nitrogen and oxygen atoms in total. The molecule has 1 aromatic carbocycles. The second-order valence-electron chi connectivity index (χ2n) is 4.79. The molecule has 0 bridgehead atoms. The van der Waals surface area contributed by atoms with Gasteiger partial charge in [0.25, 0.3) is 0 Å². The molecule has 0 spiro atoms. The lowest BCUT2D eigenvalue weighted by molar-refractivity contribution is 0.108. The first kappa shape index (κ1) is 10.7. The van der Waals surface area contributed by atoms with Crippen LogP contribution in [0.25, 0.3) is 0 Å². The zero-order valence-corrected chi connectivity index (χ0v) is 9.42. The summed E-state index contributed by atoms with van der Waals surface area (Å²) in [6.45, 7) is 5.81. The van der Waals surface area contributed by atoms with Crippen molar-refractivity contribution in [3.63, 3.8) is 0 Å². The van der Waals surface area contributed by atoms with Crippen LogP contribution in [0.1, 0.15) is 30.5 Å². The molecule has 0 unspecified atom stereocenters. The van der Waals surface area contributed by atoms with Crippen LogP contribution in [0.4, 0.5) is 0 Å². The summed E-state index contributed by atoms with van der Waals surface area (Å²) in [6.07, 6.45) is 0.991. The molecule has 1 heterocycles. The summed E-state index contributed by atoms with van der Waals surface area (Å²) in [7, 11) is 0. The van der Waals surface area contributed by atoms with E-state index >= 15 is 0 Å². The monoisotopic (exact) mass is 206 g/mol. The molecule has 2 heteroatoms. The van der Waals surface area contributed by atoms with Crippen LogP contribution in [0, 0.1) is 0 Å². The van der Waals surface area contributed by atoms with Crippen LogP contribution in [0.15, 0.2) is 18.2 Å². The summed E-state index contributed by atoms with van der Waals surface area (Å²) in [4.78, 5) is 0. The van der Waals surface area contributed by atoms with E-state index in [4.69, 9.17) is 4.74 Å². The molecule has 2 rings (SSSR count). The van der Waals surface area contributed by atoms with Crippen molar-refractivity contribution in [2.75, 3.05) is 13.2 Å². The minimum Gasteiger partial charge on any atom is -0.395 e. The number of benzene rings is 1. The first-order valence-corrected chi connectivity index (χ1v) is 5.45. The van der Waals surface area contributed by atoms with Gasteiger partial charge < -0.3 is 9.84 Å². The second-order valence-corrected chi connectivity index (χ2v) is 4.79. The summed E-state index contributed by atoms with van der Waals surface area (Å²) in [5.41, 5.74) is 3.71. The van der Waals surface area contributed by atoms with Crippen LogP contribution < -0.4 is 0 Å². The Labute approximate surface area is 90.9 Å². The number of fused-ring (bicyclic) bond motifs is 1. The van der Waals surface area contributed by atoms with Crippen molar-refractivity contribution in [2.24, 2.45) is 0 Å². The molecule has 0 radical (unpaired) electrons. The maximum absolute atomic E-state index is 9.41. The van der Waals surface area contributed by atoms with E-state index in [0.717, 1.165) is 13.0 Å². The number of ether oxygens (including phenoxy) is 1. The molecule has 1 aromatic rings.